The van der Waals surface area contributed by atoms with E-state index in [9.17, 15) is 9.59 Å². The van der Waals surface area contributed by atoms with Crippen molar-refractivity contribution >= 4 is 23.4 Å². The number of nitrogens with zero attached hydrogens (tertiary/aromatic N) is 1. The van der Waals surface area contributed by atoms with Crippen LogP contribution in [0.15, 0.2) is 42.5 Å². The molecule has 2 aromatic rings. The predicted octanol–water partition coefficient (Wildman–Crippen LogP) is 3.50. The zero-order valence-corrected chi connectivity index (χ0v) is 16.8. The van der Waals surface area contributed by atoms with Gasteiger partial charge in [0.05, 0.1) is 0 Å². The molecule has 0 saturated heterocycles. The quantitative estimate of drug-likeness (QED) is 0.789. The van der Waals surface area contributed by atoms with Crippen molar-refractivity contribution in [3.63, 3.8) is 0 Å². The summed E-state index contributed by atoms with van der Waals surface area (Å²) in [6.45, 7) is 5.64. The van der Waals surface area contributed by atoms with Crippen LogP contribution in [0.4, 0.5) is 0 Å². The van der Waals surface area contributed by atoms with Gasteiger partial charge in [0.1, 0.15) is 11.8 Å². The van der Waals surface area contributed by atoms with Gasteiger partial charge in [-0.05, 0) is 49.6 Å². The summed E-state index contributed by atoms with van der Waals surface area (Å²) >= 11 is 6.23. The van der Waals surface area contributed by atoms with Gasteiger partial charge in [-0.1, -0.05) is 41.9 Å². The molecule has 5 nitrogen and oxygen atoms in total. The molecule has 0 aliphatic heterocycles. The Bertz CT molecular complexity index is 823. The van der Waals surface area contributed by atoms with Crippen molar-refractivity contribution in [2.45, 2.75) is 33.4 Å². The highest BCUT2D eigenvalue weighted by atomic mass is 35.5. The Morgan fingerprint density at radius 2 is 1.89 bits per heavy atom. The Hall–Kier alpha value is -2.53. The Balaban J connectivity index is 2.18. The predicted molar refractivity (Wildman–Crippen MR) is 107 cm³/mol. The molecule has 2 aromatic carbocycles. The van der Waals surface area contributed by atoms with E-state index in [0.717, 1.165) is 16.7 Å². The van der Waals surface area contributed by atoms with E-state index in [1.807, 2.05) is 50.2 Å². The smallest absolute Gasteiger partial charge is 0.261 e. The van der Waals surface area contributed by atoms with Gasteiger partial charge in [0.2, 0.25) is 5.91 Å². The summed E-state index contributed by atoms with van der Waals surface area (Å²) in [6, 6.07) is 12.4. The van der Waals surface area contributed by atoms with E-state index in [4.69, 9.17) is 16.3 Å². The fraction of sp³-hybridized carbons (Fsp3) is 0.333. The van der Waals surface area contributed by atoms with Gasteiger partial charge in [0.25, 0.3) is 5.91 Å². The van der Waals surface area contributed by atoms with Gasteiger partial charge in [-0.15, -0.1) is 0 Å². The number of benzene rings is 2. The molecule has 0 bridgehead atoms. The van der Waals surface area contributed by atoms with Gasteiger partial charge in [-0.2, -0.15) is 0 Å². The molecule has 0 spiro atoms. The molecule has 0 heterocycles. The molecule has 144 valence electrons. The lowest BCUT2D eigenvalue weighted by atomic mass is 10.1. The average molecular weight is 389 g/mol. The Morgan fingerprint density at radius 3 is 2.56 bits per heavy atom. The molecule has 0 aliphatic carbocycles. The van der Waals surface area contributed by atoms with Crippen LogP contribution in [0, 0.1) is 13.8 Å². The van der Waals surface area contributed by atoms with E-state index in [-0.39, 0.29) is 25.0 Å². The molecule has 2 rings (SSSR count). The third-order valence-electron chi connectivity index (χ3n) is 4.41. The molecule has 0 fully saturated rings. The van der Waals surface area contributed by atoms with E-state index < -0.39 is 6.04 Å². The highest BCUT2D eigenvalue weighted by Crippen LogP contribution is 2.21. The fourth-order valence-corrected chi connectivity index (χ4v) is 2.88. The molecule has 6 heteroatoms. The van der Waals surface area contributed by atoms with Gasteiger partial charge >= 0.3 is 0 Å². The zero-order valence-electron chi connectivity index (χ0n) is 16.1. The molecule has 2 amide bonds. The number of carbonyl (C=O) groups excluding carboxylic acids is 2. The number of aryl methyl sites for hydroxylation is 2. The Labute approximate surface area is 165 Å². The van der Waals surface area contributed by atoms with Crippen LogP contribution >= 0.6 is 11.6 Å². The number of ether oxygens (including phenoxy) is 1. The van der Waals surface area contributed by atoms with Crippen molar-refractivity contribution < 1.29 is 14.3 Å². The van der Waals surface area contributed by atoms with Crippen LogP contribution in [-0.2, 0) is 16.1 Å². The molecular weight excluding hydrogens is 364 g/mol. The molecule has 0 unspecified atom stereocenters. The second-order valence-corrected chi connectivity index (χ2v) is 6.87. The van der Waals surface area contributed by atoms with Crippen LogP contribution in [0.25, 0.3) is 0 Å². The second-order valence-electron chi connectivity index (χ2n) is 6.46. The lowest BCUT2D eigenvalue weighted by Crippen LogP contribution is -2.48. The normalized spacial score (nSPS) is 11.6. The maximum Gasteiger partial charge on any atom is 0.261 e. The largest absolute Gasteiger partial charge is 0.483 e. The van der Waals surface area contributed by atoms with Crippen molar-refractivity contribution in [3.05, 3.63) is 64.2 Å². The van der Waals surface area contributed by atoms with E-state index in [2.05, 4.69) is 5.32 Å². The lowest BCUT2D eigenvalue weighted by molar-refractivity contribution is -0.142. The number of hydrogen-bond donors (Lipinski definition) is 1. The van der Waals surface area contributed by atoms with Crippen molar-refractivity contribution in [1.82, 2.24) is 10.2 Å². The van der Waals surface area contributed by atoms with Gasteiger partial charge in [0, 0.05) is 18.6 Å². The first-order valence-corrected chi connectivity index (χ1v) is 9.15. The van der Waals surface area contributed by atoms with E-state index in [1.165, 1.54) is 4.90 Å². The summed E-state index contributed by atoms with van der Waals surface area (Å²) in [7, 11) is 1.55. The van der Waals surface area contributed by atoms with Crippen molar-refractivity contribution in [2.75, 3.05) is 13.7 Å². The van der Waals surface area contributed by atoms with Crippen LogP contribution in [0.5, 0.6) is 5.75 Å². The first-order valence-electron chi connectivity index (χ1n) is 8.78. The molecule has 0 saturated carbocycles. The molecule has 27 heavy (non-hydrogen) atoms. The van der Waals surface area contributed by atoms with E-state index >= 15 is 0 Å². The maximum absolute atomic E-state index is 12.9. The van der Waals surface area contributed by atoms with Gasteiger partial charge < -0.3 is 15.0 Å². The van der Waals surface area contributed by atoms with Gasteiger partial charge in [-0.3, -0.25) is 9.59 Å². The minimum atomic E-state index is -0.652. The SMILES string of the molecule is CNC(=O)[C@@H](C)N(Cc1ccccc1Cl)C(=O)COc1cc(C)ccc1C. The standard InChI is InChI=1S/C21H25ClN2O3/c1-14-9-10-15(2)19(11-14)27-13-20(25)24(16(3)21(26)23-4)12-17-7-5-6-8-18(17)22/h5-11,16H,12-13H2,1-4H3,(H,23,26)/t16-/m1/s1. The summed E-state index contributed by atoms with van der Waals surface area (Å²) in [6.07, 6.45) is 0. The first kappa shape index (κ1) is 20.8. The fourth-order valence-electron chi connectivity index (χ4n) is 2.69. The van der Waals surface area contributed by atoms with Gasteiger partial charge in [0.15, 0.2) is 6.61 Å². The van der Waals surface area contributed by atoms with E-state index in [0.29, 0.717) is 10.8 Å². The highest BCUT2D eigenvalue weighted by molar-refractivity contribution is 6.31. The second kappa shape index (κ2) is 9.42. The highest BCUT2D eigenvalue weighted by Gasteiger charge is 2.26. The summed E-state index contributed by atoms with van der Waals surface area (Å²) in [4.78, 5) is 26.5. The molecule has 0 aliphatic rings. The topological polar surface area (TPSA) is 58.6 Å². The minimum Gasteiger partial charge on any atom is -0.483 e. The summed E-state index contributed by atoms with van der Waals surface area (Å²) in [5.41, 5.74) is 2.77. The van der Waals surface area contributed by atoms with Crippen molar-refractivity contribution in [3.8, 4) is 5.75 Å². The molecule has 1 atom stereocenters. The number of carbonyl (C=O) groups is 2. The average Bonchev–Trinajstić information content (AvgIpc) is 2.66. The van der Waals surface area contributed by atoms with E-state index in [1.54, 1.807) is 20.0 Å². The Kier molecular flexibility index (Phi) is 7.25. The minimum absolute atomic E-state index is 0.157. The van der Waals surface area contributed by atoms with Crippen LogP contribution in [0.2, 0.25) is 5.02 Å². The number of hydrogen-bond acceptors (Lipinski definition) is 3. The number of nitrogens with one attached hydrogen (secondary N) is 1. The first-order chi connectivity index (χ1) is 12.8. The van der Waals surface area contributed by atoms with Crippen LogP contribution in [0.1, 0.15) is 23.6 Å². The van der Waals surface area contributed by atoms with Crippen LogP contribution < -0.4 is 10.1 Å². The third kappa shape index (κ3) is 5.47. The van der Waals surface area contributed by atoms with Crippen LogP contribution in [-0.4, -0.2) is 36.4 Å². The maximum atomic E-state index is 12.9. The number of amides is 2. The zero-order chi connectivity index (χ0) is 20.0. The molecular formula is C21H25ClN2O3. The number of halogens is 1. The monoisotopic (exact) mass is 388 g/mol. The third-order valence-corrected chi connectivity index (χ3v) is 4.78. The van der Waals surface area contributed by atoms with Crippen LogP contribution in [0.3, 0.4) is 0 Å². The Morgan fingerprint density at radius 1 is 1.19 bits per heavy atom. The molecule has 0 radical (unpaired) electrons. The molecule has 0 aromatic heterocycles. The van der Waals surface area contributed by atoms with Gasteiger partial charge in [-0.25, -0.2) is 0 Å². The summed E-state index contributed by atoms with van der Waals surface area (Å²) in [5.74, 6) is 0.128. The summed E-state index contributed by atoms with van der Waals surface area (Å²) in [5, 5.41) is 3.14. The van der Waals surface area contributed by atoms with Crippen molar-refractivity contribution in [1.29, 1.82) is 0 Å². The number of likely N-dealkylation sites (N-methyl/N-ethyl adjacent to an activating group) is 1. The lowest BCUT2D eigenvalue weighted by Gasteiger charge is -2.28. The molecule has 1 N–H and O–H groups in total. The number of rotatable bonds is 7. The summed E-state index contributed by atoms with van der Waals surface area (Å²) < 4.78 is 5.74. The van der Waals surface area contributed by atoms with Crippen molar-refractivity contribution in [2.24, 2.45) is 0 Å².